The van der Waals surface area contributed by atoms with Crippen LogP contribution in [0.25, 0.3) is 0 Å². The molecular weight excluding hydrogens is 316 g/mol. The van der Waals surface area contributed by atoms with Crippen molar-refractivity contribution in [1.82, 2.24) is 35.3 Å². The van der Waals surface area contributed by atoms with Gasteiger partial charge in [0.25, 0.3) is 0 Å². The number of hydrogen-bond donors (Lipinski definition) is 0. The number of anilines is 1. The van der Waals surface area contributed by atoms with Crippen molar-refractivity contribution in [2.75, 3.05) is 25.0 Å². The first-order chi connectivity index (χ1) is 12.2. The Morgan fingerprint density at radius 2 is 2.12 bits per heavy atom. The molecule has 0 N–H and O–H groups in total. The van der Waals surface area contributed by atoms with Crippen LogP contribution in [0.3, 0.4) is 0 Å². The molecule has 136 valence electrons. The fourth-order valence-electron chi connectivity index (χ4n) is 3.25. The highest BCUT2D eigenvalue weighted by molar-refractivity contribution is 5.38. The molecule has 3 rings (SSSR count). The molecule has 0 amide bonds. The molecule has 1 aliphatic rings. The van der Waals surface area contributed by atoms with E-state index in [9.17, 15) is 0 Å². The van der Waals surface area contributed by atoms with Gasteiger partial charge >= 0.3 is 0 Å². The van der Waals surface area contributed by atoms with Crippen molar-refractivity contribution >= 4 is 5.82 Å². The highest BCUT2D eigenvalue weighted by atomic mass is 15.5. The number of unbranched alkanes of at least 4 members (excludes halogenated alkanes) is 1. The number of piperidine rings is 1. The second kappa shape index (κ2) is 8.33. The zero-order valence-electron chi connectivity index (χ0n) is 15.5. The van der Waals surface area contributed by atoms with Crippen LogP contribution in [0.5, 0.6) is 0 Å². The van der Waals surface area contributed by atoms with E-state index in [1.165, 1.54) is 6.42 Å². The van der Waals surface area contributed by atoms with Crippen molar-refractivity contribution in [2.45, 2.75) is 58.7 Å². The second-order valence-corrected chi connectivity index (χ2v) is 6.86. The van der Waals surface area contributed by atoms with Gasteiger partial charge < -0.3 is 4.90 Å². The minimum Gasteiger partial charge on any atom is -0.354 e. The van der Waals surface area contributed by atoms with E-state index >= 15 is 0 Å². The lowest BCUT2D eigenvalue weighted by Crippen LogP contribution is -2.46. The molecule has 0 aromatic carbocycles. The zero-order valence-corrected chi connectivity index (χ0v) is 15.5. The number of hydrogen-bond acceptors (Lipinski definition) is 7. The van der Waals surface area contributed by atoms with E-state index in [0.717, 1.165) is 62.8 Å². The molecule has 8 nitrogen and oxygen atoms in total. The number of rotatable bonds is 7. The third-order valence-corrected chi connectivity index (χ3v) is 4.85. The van der Waals surface area contributed by atoms with Crippen LogP contribution < -0.4 is 4.90 Å². The van der Waals surface area contributed by atoms with Crippen molar-refractivity contribution in [2.24, 2.45) is 0 Å². The third kappa shape index (κ3) is 4.50. The Labute approximate surface area is 149 Å². The summed E-state index contributed by atoms with van der Waals surface area (Å²) in [5, 5.41) is 20.7. The van der Waals surface area contributed by atoms with Gasteiger partial charge in [0.15, 0.2) is 11.6 Å². The largest absolute Gasteiger partial charge is 0.354 e. The van der Waals surface area contributed by atoms with Gasteiger partial charge in [-0.25, -0.2) is 4.68 Å². The van der Waals surface area contributed by atoms with Gasteiger partial charge in [-0.1, -0.05) is 13.3 Å². The predicted molar refractivity (Wildman–Crippen MR) is 96.2 cm³/mol. The van der Waals surface area contributed by atoms with E-state index in [1.807, 2.05) is 17.7 Å². The van der Waals surface area contributed by atoms with Crippen molar-refractivity contribution in [3.8, 4) is 0 Å². The summed E-state index contributed by atoms with van der Waals surface area (Å²) < 4.78 is 1.94. The van der Waals surface area contributed by atoms with E-state index in [-0.39, 0.29) is 0 Å². The average Bonchev–Trinajstić information content (AvgIpc) is 3.07. The summed E-state index contributed by atoms with van der Waals surface area (Å²) in [4.78, 5) is 4.69. The smallest absolute Gasteiger partial charge is 0.165 e. The Bertz CT molecular complexity index is 653. The second-order valence-electron chi connectivity index (χ2n) is 6.86. The summed E-state index contributed by atoms with van der Waals surface area (Å²) in [5.41, 5.74) is 0.952. The molecule has 2 aromatic rings. The maximum absolute atomic E-state index is 4.34. The Morgan fingerprint density at radius 1 is 1.24 bits per heavy atom. The van der Waals surface area contributed by atoms with Crippen molar-refractivity contribution in [1.29, 1.82) is 0 Å². The van der Waals surface area contributed by atoms with Crippen LogP contribution in [0, 0.1) is 6.92 Å². The molecule has 3 heterocycles. The summed E-state index contributed by atoms with van der Waals surface area (Å²) in [5.74, 6) is 1.92. The third-order valence-electron chi connectivity index (χ3n) is 4.85. The van der Waals surface area contributed by atoms with Crippen molar-refractivity contribution in [3.05, 3.63) is 23.7 Å². The predicted octanol–water partition coefficient (Wildman–Crippen LogP) is 1.67. The van der Waals surface area contributed by atoms with E-state index in [1.54, 1.807) is 0 Å². The topological polar surface area (TPSA) is 75.9 Å². The van der Waals surface area contributed by atoms with Crippen LogP contribution in [-0.2, 0) is 13.1 Å². The molecule has 0 spiro atoms. The molecular formula is C17H28N8. The van der Waals surface area contributed by atoms with E-state index < -0.39 is 0 Å². The summed E-state index contributed by atoms with van der Waals surface area (Å²) in [6.45, 7) is 7.81. The van der Waals surface area contributed by atoms with Crippen molar-refractivity contribution in [3.63, 3.8) is 0 Å². The summed E-state index contributed by atoms with van der Waals surface area (Å²) >= 11 is 0. The van der Waals surface area contributed by atoms with Crippen LogP contribution in [0.2, 0.25) is 0 Å². The van der Waals surface area contributed by atoms with Crippen LogP contribution in [0.15, 0.2) is 12.1 Å². The molecule has 8 heteroatoms. The maximum Gasteiger partial charge on any atom is 0.165 e. The van der Waals surface area contributed by atoms with Gasteiger partial charge in [0, 0.05) is 25.7 Å². The Morgan fingerprint density at radius 3 is 2.88 bits per heavy atom. The van der Waals surface area contributed by atoms with Gasteiger partial charge in [-0.2, -0.15) is 5.10 Å². The molecule has 0 bridgehead atoms. The molecule has 1 atom stereocenters. The molecule has 0 unspecified atom stereocenters. The molecule has 0 saturated carbocycles. The minimum atomic E-state index is 0.466. The molecule has 25 heavy (non-hydrogen) atoms. The van der Waals surface area contributed by atoms with Crippen LogP contribution in [-0.4, -0.2) is 61.5 Å². The first-order valence-corrected chi connectivity index (χ1v) is 9.18. The van der Waals surface area contributed by atoms with Gasteiger partial charge in [-0.3, -0.25) is 4.90 Å². The number of likely N-dealkylation sites (N-methyl/N-ethyl adjacent to an activating group) is 1. The Hall–Kier alpha value is -2.09. The summed E-state index contributed by atoms with van der Waals surface area (Å²) in [7, 11) is 2.16. The Balaban J connectivity index is 1.61. The van der Waals surface area contributed by atoms with Gasteiger partial charge in [-0.05, 0) is 55.8 Å². The Kier molecular flexibility index (Phi) is 5.91. The SMILES string of the molecule is CCCCn1nnnc1CN(C)[C@@H]1CCCN(c2ccc(C)nn2)C1. The number of aryl methyl sites for hydroxylation is 2. The van der Waals surface area contributed by atoms with Gasteiger partial charge in [-0.15, -0.1) is 10.2 Å². The normalized spacial score (nSPS) is 18.1. The van der Waals surface area contributed by atoms with Crippen LogP contribution in [0.4, 0.5) is 5.82 Å². The van der Waals surface area contributed by atoms with Crippen molar-refractivity contribution < 1.29 is 0 Å². The van der Waals surface area contributed by atoms with E-state index in [0.29, 0.717) is 6.04 Å². The number of tetrazole rings is 1. The summed E-state index contributed by atoms with van der Waals surface area (Å²) in [6.07, 6.45) is 4.59. The molecule has 0 aliphatic carbocycles. The van der Waals surface area contributed by atoms with Crippen LogP contribution >= 0.6 is 0 Å². The molecule has 1 fully saturated rings. The lowest BCUT2D eigenvalue weighted by molar-refractivity contribution is 0.199. The number of aromatic nitrogens is 6. The van der Waals surface area contributed by atoms with Gasteiger partial charge in [0.05, 0.1) is 12.2 Å². The van der Waals surface area contributed by atoms with E-state index in [2.05, 4.69) is 55.6 Å². The first-order valence-electron chi connectivity index (χ1n) is 9.18. The molecule has 2 aromatic heterocycles. The van der Waals surface area contributed by atoms with E-state index in [4.69, 9.17) is 0 Å². The standard InChI is InChI=1S/C17H28N8/c1-4-5-11-25-17(20-21-22-25)13-23(3)15-7-6-10-24(12-15)16-9-8-14(2)18-19-16/h8-9,15H,4-7,10-13H2,1-3H3/t15-/m1/s1. The zero-order chi connectivity index (χ0) is 17.6. The highest BCUT2D eigenvalue weighted by Gasteiger charge is 2.25. The molecule has 0 radical (unpaired) electrons. The monoisotopic (exact) mass is 344 g/mol. The minimum absolute atomic E-state index is 0.466. The first kappa shape index (κ1) is 17.7. The molecule has 1 aliphatic heterocycles. The fourth-order valence-corrected chi connectivity index (χ4v) is 3.25. The fraction of sp³-hybridized carbons (Fsp3) is 0.706. The average molecular weight is 344 g/mol. The van der Waals surface area contributed by atoms with Gasteiger partial charge in [0.1, 0.15) is 0 Å². The quantitative estimate of drug-likeness (QED) is 0.756. The van der Waals surface area contributed by atoms with Crippen LogP contribution in [0.1, 0.15) is 44.1 Å². The number of nitrogens with zero attached hydrogens (tertiary/aromatic N) is 8. The highest BCUT2D eigenvalue weighted by Crippen LogP contribution is 2.20. The lowest BCUT2D eigenvalue weighted by Gasteiger charge is -2.37. The molecule has 1 saturated heterocycles. The van der Waals surface area contributed by atoms with Gasteiger partial charge in [0.2, 0.25) is 0 Å². The lowest BCUT2D eigenvalue weighted by atomic mass is 10.0. The maximum atomic E-state index is 4.34. The summed E-state index contributed by atoms with van der Waals surface area (Å²) in [6, 6.07) is 4.56.